The number of carbonyl (C=O) groups excluding carboxylic acids is 1. The number of fused-ring (bicyclic) bond motifs is 1. The SMILES string of the molecule is CC1CCC(CC(C)NC(=O)c2nsc3ccccc23)CC1. The van der Waals surface area contributed by atoms with Crippen molar-refractivity contribution in [1.82, 2.24) is 9.69 Å². The van der Waals surface area contributed by atoms with Crippen molar-refractivity contribution < 1.29 is 4.79 Å². The van der Waals surface area contributed by atoms with Crippen LogP contribution in [0.2, 0.25) is 0 Å². The van der Waals surface area contributed by atoms with E-state index in [2.05, 4.69) is 23.5 Å². The second-order valence-electron chi connectivity index (χ2n) is 6.76. The summed E-state index contributed by atoms with van der Waals surface area (Å²) in [6.07, 6.45) is 6.37. The van der Waals surface area contributed by atoms with Crippen LogP contribution in [-0.2, 0) is 0 Å². The molecule has 1 N–H and O–H groups in total. The molecule has 4 heteroatoms. The molecule has 1 aromatic carbocycles. The molecule has 0 saturated heterocycles. The van der Waals surface area contributed by atoms with Crippen molar-refractivity contribution >= 4 is 27.5 Å². The summed E-state index contributed by atoms with van der Waals surface area (Å²) in [4.78, 5) is 12.5. The molecule has 1 fully saturated rings. The number of aromatic nitrogens is 1. The van der Waals surface area contributed by atoms with Crippen molar-refractivity contribution in [2.24, 2.45) is 11.8 Å². The van der Waals surface area contributed by atoms with Crippen LogP contribution in [0.15, 0.2) is 24.3 Å². The third-order valence-electron chi connectivity index (χ3n) is 4.79. The summed E-state index contributed by atoms with van der Waals surface area (Å²) in [5.41, 5.74) is 0.574. The van der Waals surface area contributed by atoms with Crippen LogP contribution >= 0.6 is 11.5 Å². The van der Waals surface area contributed by atoms with E-state index < -0.39 is 0 Å². The first-order chi connectivity index (χ1) is 10.6. The van der Waals surface area contributed by atoms with E-state index in [0.29, 0.717) is 5.69 Å². The van der Waals surface area contributed by atoms with Gasteiger partial charge in [-0.1, -0.05) is 50.8 Å². The molecule has 1 aliphatic carbocycles. The highest BCUT2D eigenvalue weighted by atomic mass is 32.1. The van der Waals surface area contributed by atoms with Gasteiger partial charge in [-0.15, -0.1) is 0 Å². The van der Waals surface area contributed by atoms with Gasteiger partial charge in [-0.2, -0.15) is 4.37 Å². The monoisotopic (exact) mass is 316 g/mol. The first-order valence-corrected chi connectivity index (χ1v) is 9.06. The van der Waals surface area contributed by atoms with Crippen LogP contribution in [0.5, 0.6) is 0 Å². The van der Waals surface area contributed by atoms with Gasteiger partial charge in [0.2, 0.25) is 0 Å². The molecular formula is C18H24N2OS. The molecular weight excluding hydrogens is 292 g/mol. The fourth-order valence-corrected chi connectivity index (χ4v) is 4.24. The quantitative estimate of drug-likeness (QED) is 0.893. The van der Waals surface area contributed by atoms with Gasteiger partial charge in [-0.3, -0.25) is 4.79 Å². The Balaban J connectivity index is 1.59. The van der Waals surface area contributed by atoms with Gasteiger partial charge in [-0.25, -0.2) is 0 Å². The van der Waals surface area contributed by atoms with Gasteiger partial charge in [0.05, 0.1) is 4.70 Å². The number of rotatable bonds is 4. The van der Waals surface area contributed by atoms with Crippen LogP contribution in [0.25, 0.3) is 10.1 Å². The Labute approximate surface area is 136 Å². The van der Waals surface area contributed by atoms with Crippen LogP contribution in [-0.4, -0.2) is 16.3 Å². The Morgan fingerprint density at radius 1 is 1.32 bits per heavy atom. The van der Waals surface area contributed by atoms with E-state index in [9.17, 15) is 4.79 Å². The Morgan fingerprint density at radius 3 is 2.82 bits per heavy atom. The lowest BCUT2D eigenvalue weighted by molar-refractivity contribution is 0.0929. The van der Waals surface area contributed by atoms with E-state index in [1.54, 1.807) is 0 Å². The van der Waals surface area contributed by atoms with Gasteiger partial charge in [0.1, 0.15) is 5.69 Å². The molecule has 0 spiro atoms. The minimum atomic E-state index is -0.0332. The maximum atomic E-state index is 12.5. The third kappa shape index (κ3) is 3.49. The van der Waals surface area contributed by atoms with Gasteiger partial charge in [0.15, 0.2) is 0 Å². The second kappa shape index (κ2) is 6.78. The van der Waals surface area contributed by atoms with Gasteiger partial charge in [0, 0.05) is 11.4 Å². The van der Waals surface area contributed by atoms with Crippen molar-refractivity contribution in [3.63, 3.8) is 0 Å². The highest BCUT2D eigenvalue weighted by Crippen LogP contribution is 2.31. The standard InChI is InChI=1S/C18H24N2OS/c1-12-7-9-14(10-8-12)11-13(2)19-18(21)17-15-5-3-4-6-16(15)22-20-17/h3-6,12-14H,7-11H2,1-2H3,(H,19,21). The van der Waals surface area contributed by atoms with Gasteiger partial charge in [0.25, 0.3) is 5.91 Å². The fraction of sp³-hybridized carbons (Fsp3) is 0.556. The predicted molar refractivity (Wildman–Crippen MR) is 92.3 cm³/mol. The van der Waals surface area contributed by atoms with Gasteiger partial charge in [-0.05, 0) is 42.8 Å². The average molecular weight is 316 g/mol. The molecule has 1 saturated carbocycles. The summed E-state index contributed by atoms with van der Waals surface area (Å²) in [5, 5.41) is 4.10. The number of benzene rings is 1. The van der Waals surface area contributed by atoms with E-state index in [4.69, 9.17) is 0 Å². The molecule has 22 heavy (non-hydrogen) atoms. The number of carbonyl (C=O) groups is 1. The van der Waals surface area contributed by atoms with Crippen molar-refractivity contribution in [2.45, 2.75) is 52.0 Å². The summed E-state index contributed by atoms with van der Waals surface area (Å²) >= 11 is 1.39. The molecule has 1 aromatic heterocycles. The number of hydrogen-bond donors (Lipinski definition) is 1. The largest absolute Gasteiger partial charge is 0.348 e. The Hall–Kier alpha value is -1.42. The predicted octanol–water partition coefficient (Wildman–Crippen LogP) is 4.63. The molecule has 0 aliphatic heterocycles. The highest BCUT2D eigenvalue weighted by Gasteiger charge is 2.22. The minimum absolute atomic E-state index is 0.0332. The number of nitrogens with zero attached hydrogens (tertiary/aromatic N) is 1. The van der Waals surface area contributed by atoms with Crippen LogP contribution in [0.3, 0.4) is 0 Å². The van der Waals surface area contributed by atoms with E-state index in [-0.39, 0.29) is 11.9 Å². The second-order valence-corrected chi connectivity index (χ2v) is 7.57. The molecule has 118 valence electrons. The molecule has 3 rings (SSSR count). The van der Waals surface area contributed by atoms with Gasteiger partial charge >= 0.3 is 0 Å². The maximum absolute atomic E-state index is 12.5. The van der Waals surface area contributed by atoms with Gasteiger partial charge < -0.3 is 5.32 Å². The Morgan fingerprint density at radius 2 is 2.05 bits per heavy atom. The van der Waals surface area contributed by atoms with Crippen molar-refractivity contribution in [3.05, 3.63) is 30.0 Å². The van der Waals surface area contributed by atoms with E-state index in [1.807, 2.05) is 24.3 Å². The topological polar surface area (TPSA) is 42.0 Å². The first kappa shape index (κ1) is 15.5. The van der Waals surface area contributed by atoms with Crippen molar-refractivity contribution in [3.8, 4) is 0 Å². The van der Waals surface area contributed by atoms with Crippen LogP contribution in [0.4, 0.5) is 0 Å². The number of amides is 1. The minimum Gasteiger partial charge on any atom is -0.348 e. The van der Waals surface area contributed by atoms with E-state index in [1.165, 1.54) is 37.2 Å². The van der Waals surface area contributed by atoms with Crippen molar-refractivity contribution in [1.29, 1.82) is 0 Å². The summed E-state index contributed by atoms with van der Waals surface area (Å²) in [7, 11) is 0. The number of hydrogen-bond acceptors (Lipinski definition) is 3. The van der Waals surface area contributed by atoms with Crippen LogP contribution < -0.4 is 5.32 Å². The molecule has 1 amide bonds. The molecule has 2 aromatic rings. The highest BCUT2D eigenvalue weighted by molar-refractivity contribution is 7.13. The fourth-order valence-electron chi connectivity index (χ4n) is 3.47. The van der Waals surface area contributed by atoms with Crippen molar-refractivity contribution in [2.75, 3.05) is 0 Å². The summed E-state index contributed by atoms with van der Waals surface area (Å²) in [5.74, 6) is 1.61. The average Bonchev–Trinajstić information content (AvgIpc) is 2.93. The molecule has 1 atom stereocenters. The molecule has 1 heterocycles. The maximum Gasteiger partial charge on any atom is 0.271 e. The molecule has 0 radical (unpaired) electrons. The van der Waals surface area contributed by atoms with Crippen LogP contribution in [0.1, 0.15) is 56.4 Å². The Bertz CT molecular complexity index is 643. The van der Waals surface area contributed by atoms with Crippen LogP contribution in [0, 0.1) is 11.8 Å². The smallest absolute Gasteiger partial charge is 0.271 e. The summed E-state index contributed by atoms with van der Waals surface area (Å²) < 4.78 is 5.41. The summed E-state index contributed by atoms with van der Waals surface area (Å²) in [6.45, 7) is 4.46. The summed E-state index contributed by atoms with van der Waals surface area (Å²) in [6, 6.07) is 8.14. The van der Waals surface area contributed by atoms with E-state index >= 15 is 0 Å². The zero-order chi connectivity index (χ0) is 15.5. The zero-order valence-corrected chi connectivity index (χ0v) is 14.2. The first-order valence-electron chi connectivity index (χ1n) is 8.28. The third-order valence-corrected chi connectivity index (χ3v) is 5.62. The molecule has 0 bridgehead atoms. The lowest BCUT2D eigenvalue weighted by atomic mass is 9.80. The number of nitrogens with one attached hydrogen (secondary N) is 1. The zero-order valence-electron chi connectivity index (χ0n) is 13.3. The molecule has 3 nitrogen and oxygen atoms in total. The molecule has 1 aliphatic rings. The molecule has 1 unspecified atom stereocenters. The van der Waals surface area contributed by atoms with E-state index in [0.717, 1.165) is 28.3 Å². The lowest BCUT2D eigenvalue weighted by Crippen LogP contribution is -2.34. The normalized spacial score (nSPS) is 23.4. The lowest BCUT2D eigenvalue weighted by Gasteiger charge is -2.28. The Kier molecular flexibility index (Phi) is 4.77.